The Morgan fingerprint density at radius 3 is 2.58 bits per heavy atom. The Labute approximate surface area is 113 Å². The number of hydrogen-bond acceptors (Lipinski definition) is 2. The molecule has 1 amide bonds. The summed E-state index contributed by atoms with van der Waals surface area (Å²) in [6, 6.07) is 7.71. The van der Waals surface area contributed by atoms with E-state index in [1.54, 1.807) is 12.1 Å². The zero-order chi connectivity index (χ0) is 14.0. The minimum Gasteiger partial charge on any atom is -0.399 e. The maximum absolute atomic E-state index is 13.5. The van der Waals surface area contributed by atoms with Gasteiger partial charge in [0.15, 0.2) is 5.82 Å². The smallest absolute Gasteiger partial charge is 0.255 e. The lowest BCUT2D eigenvalue weighted by Crippen LogP contribution is -2.13. The van der Waals surface area contributed by atoms with E-state index in [-0.39, 0.29) is 16.3 Å². The normalized spacial score (nSPS) is 10.3. The highest BCUT2D eigenvalue weighted by Gasteiger charge is 2.14. The second kappa shape index (κ2) is 5.24. The van der Waals surface area contributed by atoms with E-state index in [1.165, 1.54) is 12.1 Å². The van der Waals surface area contributed by atoms with Crippen molar-refractivity contribution in [3.05, 3.63) is 58.6 Å². The van der Waals surface area contributed by atoms with Crippen LogP contribution in [0.1, 0.15) is 10.4 Å². The van der Waals surface area contributed by atoms with E-state index in [1.807, 2.05) is 0 Å². The third-order valence-electron chi connectivity index (χ3n) is 2.39. The number of halogens is 3. The van der Waals surface area contributed by atoms with Crippen LogP contribution in [0, 0.1) is 11.6 Å². The summed E-state index contributed by atoms with van der Waals surface area (Å²) in [4.78, 5) is 11.9. The van der Waals surface area contributed by atoms with Crippen LogP contribution in [0.4, 0.5) is 20.2 Å². The summed E-state index contributed by atoms with van der Waals surface area (Å²) in [6.07, 6.45) is 0. The predicted molar refractivity (Wildman–Crippen MR) is 70.2 cm³/mol. The van der Waals surface area contributed by atoms with E-state index < -0.39 is 17.5 Å². The number of anilines is 2. The topological polar surface area (TPSA) is 55.1 Å². The molecule has 0 radical (unpaired) electrons. The van der Waals surface area contributed by atoms with Gasteiger partial charge in [-0.2, -0.15) is 0 Å². The minimum atomic E-state index is -0.942. The fourth-order valence-electron chi connectivity index (χ4n) is 1.53. The third kappa shape index (κ3) is 3.00. The highest BCUT2D eigenvalue weighted by molar-refractivity contribution is 6.34. The van der Waals surface area contributed by atoms with Crippen LogP contribution in [0.25, 0.3) is 0 Å². The molecule has 6 heteroatoms. The largest absolute Gasteiger partial charge is 0.399 e. The molecule has 3 nitrogen and oxygen atoms in total. The van der Waals surface area contributed by atoms with Gasteiger partial charge in [0, 0.05) is 17.3 Å². The van der Waals surface area contributed by atoms with Crippen molar-refractivity contribution in [1.29, 1.82) is 0 Å². The van der Waals surface area contributed by atoms with Crippen molar-refractivity contribution >= 4 is 28.9 Å². The molecule has 0 saturated carbocycles. The second-order valence-electron chi connectivity index (χ2n) is 3.82. The highest BCUT2D eigenvalue weighted by Crippen LogP contribution is 2.26. The van der Waals surface area contributed by atoms with Gasteiger partial charge in [0.1, 0.15) is 5.82 Å². The van der Waals surface area contributed by atoms with Crippen LogP contribution in [0.3, 0.4) is 0 Å². The first-order valence-electron chi connectivity index (χ1n) is 5.29. The van der Waals surface area contributed by atoms with E-state index in [9.17, 15) is 13.6 Å². The molecule has 3 N–H and O–H groups in total. The average Bonchev–Trinajstić information content (AvgIpc) is 2.33. The molecule has 0 heterocycles. The minimum absolute atomic E-state index is 0.213. The number of amides is 1. The summed E-state index contributed by atoms with van der Waals surface area (Å²) in [7, 11) is 0. The van der Waals surface area contributed by atoms with Crippen molar-refractivity contribution in [2.45, 2.75) is 0 Å². The zero-order valence-electron chi connectivity index (χ0n) is 9.58. The molecule has 19 heavy (non-hydrogen) atoms. The predicted octanol–water partition coefficient (Wildman–Crippen LogP) is 3.45. The molecule has 0 aromatic heterocycles. The molecule has 0 atom stereocenters. The van der Waals surface area contributed by atoms with Crippen molar-refractivity contribution in [3.8, 4) is 0 Å². The molecular weight excluding hydrogens is 274 g/mol. The first-order valence-corrected chi connectivity index (χ1v) is 5.66. The Hall–Kier alpha value is -2.14. The number of carbonyl (C=O) groups excluding carboxylic acids is 1. The van der Waals surface area contributed by atoms with E-state index in [0.29, 0.717) is 11.8 Å². The molecule has 0 saturated heterocycles. The number of nitrogen functional groups attached to an aromatic ring is 1. The third-order valence-corrected chi connectivity index (χ3v) is 2.69. The molecule has 2 aromatic carbocycles. The van der Waals surface area contributed by atoms with E-state index in [2.05, 4.69) is 5.32 Å². The molecule has 0 spiro atoms. The lowest BCUT2D eigenvalue weighted by atomic mass is 10.2. The van der Waals surface area contributed by atoms with Crippen molar-refractivity contribution in [2.24, 2.45) is 0 Å². The Morgan fingerprint density at radius 2 is 1.95 bits per heavy atom. The SMILES string of the molecule is Nc1cccc(C(=O)Nc2c(F)cc(F)cc2Cl)c1. The van der Waals surface area contributed by atoms with Crippen LogP contribution >= 0.6 is 11.6 Å². The summed E-state index contributed by atoms with van der Waals surface area (Å²) in [5, 5.41) is 2.07. The fourth-order valence-corrected chi connectivity index (χ4v) is 1.77. The van der Waals surface area contributed by atoms with Gasteiger partial charge in [0.2, 0.25) is 0 Å². The van der Waals surface area contributed by atoms with Gasteiger partial charge in [0.05, 0.1) is 10.7 Å². The Morgan fingerprint density at radius 1 is 1.21 bits per heavy atom. The number of rotatable bonds is 2. The first kappa shape index (κ1) is 13.3. The molecule has 0 fully saturated rings. The number of carbonyl (C=O) groups is 1. The summed E-state index contributed by atoms with van der Waals surface area (Å²) < 4.78 is 26.4. The Kier molecular flexibility index (Phi) is 3.66. The van der Waals surface area contributed by atoms with Crippen LogP contribution in [-0.4, -0.2) is 5.91 Å². The summed E-state index contributed by atoms with van der Waals surface area (Å²) in [6.45, 7) is 0. The van der Waals surface area contributed by atoms with Gasteiger partial charge in [-0.1, -0.05) is 17.7 Å². The number of nitrogens with one attached hydrogen (secondary N) is 1. The Bertz CT molecular complexity index is 623. The molecule has 0 bridgehead atoms. The lowest BCUT2D eigenvalue weighted by molar-refractivity contribution is 0.102. The number of nitrogens with two attached hydrogens (primary N) is 1. The zero-order valence-corrected chi connectivity index (χ0v) is 10.3. The van der Waals surface area contributed by atoms with Crippen molar-refractivity contribution in [1.82, 2.24) is 0 Å². The maximum Gasteiger partial charge on any atom is 0.255 e. The van der Waals surface area contributed by atoms with E-state index in [4.69, 9.17) is 17.3 Å². The van der Waals surface area contributed by atoms with Crippen LogP contribution in [-0.2, 0) is 0 Å². The molecule has 2 aromatic rings. The van der Waals surface area contributed by atoms with Gasteiger partial charge in [-0.15, -0.1) is 0 Å². The van der Waals surface area contributed by atoms with Crippen LogP contribution in [0.5, 0.6) is 0 Å². The summed E-state index contributed by atoms with van der Waals surface area (Å²) in [5.41, 5.74) is 5.92. The highest BCUT2D eigenvalue weighted by atomic mass is 35.5. The van der Waals surface area contributed by atoms with Crippen LogP contribution in [0.2, 0.25) is 5.02 Å². The van der Waals surface area contributed by atoms with Crippen molar-refractivity contribution in [3.63, 3.8) is 0 Å². The molecule has 0 aliphatic rings. The molecule has 0 unspecified atom stereocenters. The van der Waals surface area contributed by atoms with Crippen molar-refractivity contribution < 1.29 is 13.6 Å². The summed E-state index contributed by atoms with van der Waals surface area (Å²) >= 11 is 5.68. The maximum atomic E-state index is 13.5. The average molecular weight is 283 g/mol. The van der Waals surface area contributed by atoms with Crippen molar-refractivity contribution in [2.75, 3.05) is 11.1 Å². The number of hydrogen-bond donors (Lipinski definition) is 2. The molecule has 98 valence electrons. The molecule has 0 aliphatic heterocycles. The van der Waals surface area contributed by atoms with Gasteiger partial charge in [0.25, 0.3) is 5.91 Å². The molecule has 0 aliphatic carbocycles. The van der Waals surface area contributed by atoms with Gasteiger partial charge >= 0.3 is 0 Å². The van der Waals surface area contributed by atoms with Crippen LogP contribution in [0.15, 0.2) is 36.4 Å². The van der Waals surface area contributed by atoms with E-state index >= 15 is 0 Å². The van der Waals surface area contributed by atoms with Crippen LogP contribution < -0.4 is 11.1 Å². The molecule has 2 rings (SSSR count). The summed E-state index contributed by atoms with van der Waals surface area (Å²) in [5.74, 6) is -2.34. The van der Waals surface area contributed by atoms with Gasteiger partial charge in [-0.25, -0.2) is 8.78 Å². The molecular formula is C13H9ClF2N2O. The monoisotopic (exact) mass is 282 g/mol. The fraction of sp³-hybridized carbons (Fsp3) is 0. The number of benzene rings is 2. The van der Waals surface area contributed by atoms with Gasteiger partial charge in [-0.05, 0) is 24.3 Å². The Balaban J connectivity index is 2.29. The second-order valence-corrected chi connectivity index (χ2v) is 4.23. The standard InChI is InChI=1S/C13H9ClF2N2O/c14-10-5-8(15)6-11(16)12(10)18-13(19)7-2-1-3-9(17)4-7/h1-6H,17H2,(H,18,19). The first-order chi connectivity index (χ1) is 8.97. The van der Waals surface area contributed by atoms with E-state index in [0.717, 1.165) is 6.07 Å². The van der Waals surface area contributed by atoms with Gasteiger partial charge < -0.3 is 11.1 Å². The van der Waals surface area contributed by atoms with Gasteiger partial charge in [-0.3, -0.25) is 4.79 Å². The quantitative estimate of drug-likeness (QED) is 0.829. The lowest BCUT2D eigenvalue weighted by Gasteiger charge is -2.09.